The Morgan fingerprint density at radius 2 is 1.92 bits per heavy atom. The highest BCUT2D eigenvalue weighted by Crippen LogP contribution is 2.22. The SMILES string of the molecule is COCCCNC(=O)/C(C#N)=C/c1cccc(Oc2ccccc2)c1. The van der Waals surface area contributed by atoms with Gasteiger partial charge in [0, 0.05) is 20.3 Å². The predicted molar refractivity (Wildman–Crippen MR) is 96.1 cm³/mol. The van der Waals surface area contributed by atoms with E-state index in [1.165, 1.54) is 0 Å². The molecular weight excluding hydrogens is 316 g/mol. The smallest absolute Gasteiger partial charge is 0.261 e. The second-order valence-corrected chi connectivity index (χ2v) is 5.26. The van der Waals surface area contributed by atoms with Crippen molar-refractivity contribution in [2.45, 2.75) is 6.42 Å². The van der Waals surface area contributed by atoms with E-state index in [-0.39, 0.29) is 5.57 Å². The van der Waals surface area contributed by atoms with E-state index in [9.17, 15) is 10.1 Å². The van der Waals surface area contributed by atoms with E-state index in [1.807, 2.05) is 54.6 Å². The Balaban J connectivity index is 2.06. The summed E-state index contributed by atoms with van der Waals surface area (Å²) in [5.41, 5.74) is 0.770. The van der Waals surface area contributed by atoms with Crippen LogP contribution in [0.5, 0.6) is 11.5 Å². The van der Waals surface area contributed by atoms with Crippen molar-refractivity contribution in [2.75, 3.05) is 20.3 Å². The summed E-state index contributed by atoms with van der Waals surface area (Å²) in [5.74, 6) is 0.964. The molecule has 0 heterocycles. The van der Waals surface area contributed by atoms with Crippen molar-refractivity contribution in [3.05, 3.63) is 65.7 Å². The average molecular weight is 336 g/mol. The second kappa shape index (κ2) is 9.91. The molecule has 2 aromatic carbocycles. The molecule has 5 nitrogen and oxygen atoms in total. The lowest BCUT2D eigenvalue weighted by atomic mass is 10.1. The van der Waals surface area contributed by atoms with Crippen LogP contribution >= 0.6 is 0 Å². The van der Waals surface area contributed by atoms with E-state index in [4.69, 9.17) is 9.47 Å². The average Bonchev–Trinajstić information content (AvgIpc) is 2.64. The van der Waals surface area contributed by atoms with Crippen molar-refractivity contribution in [3.8, 4) is 17.6 Å². The lowest BCUT2D eigenvalue weighted by molar-refractivity contribution is -0.117. The van der Waals surface area contributed by atoms with Crippen LogP contribution < -0.4 is 10.1 Å². The second-order valence-electron chi connectivity index (χ2n) is 5.26. The quantitative estimate of drug-likeness (QED) is 0.455. The van der Waals surface area contributed by atoms with E-state index < -0.39 is 5.91 Å². The first-order chi connectivity index (χ1) is 12.2. The first kappa shape index (κ1) is 18.2. The molecule has 0 bridgehead atoms. The standard InChI is InChI=1S/C20H20N2O3/c1-24-12-6-11-22-20(23)17(15-21)13-16-7-5-10-19(14-16)25-18-8-3-2-4-9-18/h2-5,7-10,13-14H,6,11-12H2,1H3,(H,22,23)/b17-13+. The van der Waals surface area contributed by atoms with E-state index in [2.05, 4.69) is 5.32 Å². The van der Waals surface area contributed by atoms with Gasteiger partial charge in [0.2, 0.25) is 0 Å². The summed E-state index contributed by atoms with van der Waals surface area (Å²) in [7, 11) is 1.60. The Kier molecular flexibility index (Phi) is 7.23. The normalized spacial score (nSPS) is 10.8. The van der Waals surface area contributed by atoms with E-state index in [0.29, 0.717) is 25.3 Å². The minimum absolute atomic E-state index is 0.0503. The molecule has 0 fully saturated rings. The fourth-order valence-corrected chi connectivity index (χ4v) is 2.12. The molecule has 0 saturated carbocycles. The summed E-state index contributed by atoms with van der Waals surface area (Å²) in [5, 5.41) is 11.9. The molecule has 0 aliphatic rings. The Hall–Kier alpha value is -3.10. The first-order valence-electron chi connectivity index (χ1n) is 7.95. The lowest BCUT2D eigenvalue weighted by Crippen LogP contribution is -2.26. The molecule has 0 aromatic heterocycles. The van der Waals surface area contributed by atoms with Gasteiger partial charge in [-0.05, 0) is 42.3 Å². The van der Waals surface area contributed by atoms with Crippen molar-refractivity contribution >= 4 is 12.0 Å². The van der Waals surface area contributed by atoms with Crippen LogP contribution in [0.15, 0.2) is 60.2 Å². The predicted octanol–water partition coefficient (Wildman–Crippen LogP) is 3.54. The number of nitrogens with zero attached hydrogens (tertiary/aromatic N) is 1. The van der Waals surface area contributed by atoms with Crippen LogP contribution in [0.4, 0.5) is 0 Å². The zero-order chi connectivity index (χ0) is 17.9. The number of hydrogen-bond donors (Lipinski definition) is 1. The van der Waals surface area contributed by atoms with Gasteiger partial charge in [-0.25, -0.2) is 0 Å². The lowest BCUT2D eigenvalue weighted by Gasteiger charge is -2.07. The molecule has 25 heavy (non-hydrogen) atoms. The van der Waals surface area contributed by atoms with Crippen LogP contribution in [-0.4, -0.2) is 26.2 Å². The van der Waals surface area contributed by atoms with E-state index in [1.54, 1.807) is 19.3 Å². The van der Waals surface area contributed by atoms with E-state index in [0.717, 1.165) is 11.3 Å². The summed E-state index contributed by atoms with van der Waals surface area (Å²) in [6, 6.07) is 18.6. The number of ether oxygens (including phenoxy) is 2. The molecule has 1 N–H and O–H groups in total. The summed E-state index contributed by atoms with van der Waals surface area (Å²) >= 11 is 0. The van der Waals surface area contributed by atoms with Gasteiger partial charge in [0.05, 0.1) is 0 Å². The summed E-state index contributed by atoms with van der Waals surface area (Å²) < 4.78 is 10.7. The number of nitriles is 1. The third-order valence-corrected chi connectivity index (χ3v) is 3.32. The molecule has 0 saturated heterocycles. The highest BCUT2D eigenvalue weighted by atomic mass is 16.5. The fraction of sp³-hybridized carbons (Fsp3) is 0.200. The van der Waals surface area contributed by atoms with Crippen molar-refractivity contribution in [1.82, 2.24) is 5.32 Å². The van der Waals surface area contributed by atoms with Crippen LogP contribution in [0, 0.1) is 11.3 Å². The number of methoxy groups -OCH3 is 1. The highest BCUT2D eigenvalue weighted by molar-refractivity contribution is 6.01. The maximum atomic E-state index is 12.0. The summed E-state index contributed by atoms with van der Waals surface area (Å²) in [6.07, 6.45) is 2.24. The number of benzene rings is 2. The molecular formula is C20H20N2O3. The number of carbonyl (C=O) groups excluding carboxylic acids is 1. The molecule has 0 aliphatic heterocycles. The Morgan fingerprint density at radius 1 is 1.16 bits per heavy atom. The first-order valence-corrected chi connectivity index (χ1v) is 7.95. The number of nitrogens with one attached hydrogen (secondary N) is 1. The molecule has 1 amide bonds. The molecule has 0 atom stereocenters. The number of rotatable bonds is 8. The molecule has 2 rings (SSSR count). The topological polar surface area (TPSA) is 71.3 Å². The van der Waals surface area contributed by atoms with Gasteiger partial charge in [-0.2, -0.15) is 5.26 Å². The number of amides is 1. The van der Waals surface area contributed by atoms with Crippen molar-refractivity contribution in [2.24, 2.45) is 0 Å². The maximum Gasteiger partial charge on any atom is 0.261 e. The molecule has 2 aromatic rings. The zero-order valence-electron chi connectivity index (χ0n) is 14.1. The Morgan fingerprint density at radius 3 is 2.64 bits per heavy atom. The minimum Gasteiger partial charge on any atom is -0.457 e. The van der Waals surface area contributed by atoms with Crippen molar-refractivity contribution in [3.63, 3.8) is 0 Å². The van der Waals surface area contributed by atoms with E-state index >= 15 is 0 Å². The molecule has 0 aliphatic carbocycles. The molecule has 128 valence electrons. The van der Waals surface area contributed by atoms with Gasteiger partial charge in [0.1, 0.15) is 23.1 Å². The third-order valence-electron chi connectivity index (χ3n) is 3.32. The van der Waals surface area contributed by atoms with Crippen LogP contribution in [-0.2, 0) is 9.53 Å². The molecule has 5 heteroatoms. The maximum absolute atomic E-state index is 12.0. The van der Waals surface area contributed by atoms with Gasteiger partial charge < -0.3 is 14.8 Å². The van der Waals surface area contributed by atoms with Crippen molar-refractivity contribution in [1.29, 1.82) is 5.26 Å². The minimum atomic E-state index is -0.395. The summed E-state index contributed by atoms with van der Waals surface area (Å²) in [4.78, 5) is 12.0. The van der Waals surface area contributed by atoms with Gasteiger partial charge in [-0.3, -0.25) is 4.79 Å². The zero-order valence-corrected chi connectivity index (χ0v) is 14.1. The van der Waals surface area contributed by atoms with Gasteiger partial charge in [0.15, 0.2) is 0 Å². The van der Waals surface area contributed by atoms with Gasteiger partial charge in [-0.15, -0.1) is 0 Å². The van der Waals surface area contributed by atoms with Crippen LogP contribution in [0.1, 0.15) is 12.0 Å². The third kappa shape index (κ3) is 6.13. The summed E-state index contributed by atoms with van der Waals surface area (Å²) in [6.45, 7) is 1.02. The molecule has 0 spiro atoms. The van der Waals surface area contributed by atoms with Gasteiger partial charge in [0.25, 0.3) is 5.91 Å². The number of carbonyl (C=O) groups is 1. The number of hydrogen-bond acceptors (Lipinski definition) is 4. The highest BCUT2D eigenvalue weighted by Gasteiger charge is 2.08. The van der Waals surface area contributed by atoms with Crippen LogP contribution in [0.3, 0.4) is 0 Å². The Labute approximate surface area is 147 Å². The monoisotopic (exact) mass is 336 g/mol. The molecule has 0 radical (unpaired) electrons. The largest absolute Gasteiger partial charge is 0.457 e. The van der Waals surface area contributed by atoms with Gasteiger partial charge in [-0.1, -0.05) is 30.3 Å². The number of para-hydroxylation sites is 1. The van der Waals surface area contributed by atoms with Crippen LogP contribution in [0.2, 0.25) is 0 Å². The molecule has 0 unspecified atom stereocenters. The van der Waals surface area contributed by atoms with Gasteiger partial charge >= 0.3 is 0 Å². The Bertz CT molecular complexity index is 764. The van der Waals surface area contributed by atoms with Crippen molar-refractivity contribution < 1.29 is 14.3 Å². The fourth-order valence-electron chi connectivity index (χ4n) is 2.12. The van der Waals surface area contributed by atoms with Crippen LogP contribution in [0.25, 0.3) is 6.08 Å².